The van der Waals surface area contributed by atoms with Crippen molar-refractivity contribution in [1.82, 2.24) is 5.32 Å². The summed E-state index contributed by atoms with van der Waals surface area (Å²) >= 11 is 0. The molecule has 17 heavy (non-hydrogen) atoms. The third kappa shape index (κ3) is 13.3. The van der Waals surface area contributed by atoms with Gasteiger partial charge in [-0.15, -0.1) is 0 Å². The number of hydrogen-bond acceptors (Lipinski definition) is 3. The lowest BCUT2D eigenvalue weighted by atomic mass is 10.1. The number of ether oxygens (including phenoxy) is 1. The lowest BCUT2D eigenvalue weighted by Crippen LogP contribution is -2.27. The van der Waals surface area contributed by atoms with Gasteiger partial charge in [0.05, 0.1) is 6.61 Å². The Labute approximate surface area is 105 Å². The Kier molecular flexibility index (Phi) is 11.4. The van der Waals surface area contributed by atoms with Crippen molar-refractivity contribution in [1.29, 1.82) is 0 Å². The van der Waals surface area contributed by atoms with Gasteiger partial charge in [0.2, 0.25) is 5.91 Å². The third-order valence-electron chi connectivity index (χ3n) is 2.38. The van der Waals surface area contributed by atoms with Crippen LogP contribution in [0.1, 0.15) is 46.0 Å². The monoisotopic (exact) mass is 244 g/mol. The quantitative estimate of drug-likeness (QED) is 0.544. The predicted octanol–water partition coefficient (Wildman–Crippen LogP) is 1.68. The van der Waals surface area contributed by atoms with E-state index in [2.05, 4.69) is 19.2 Å². The van der Waals surface area contributed by atoms with Crippen molar-refractivity contribution < 1.29 is 9.53 Å². The van der Waals surface area contributed by atoms with Gasteiger partial charge in [-0.3, -0.25) is 4.79 Å². The predicted molar refractivity (Wildman–Crippen MR) is 70.8 cm³/mol. The largest absolute Gasteiger partial charge is 0.379 e. The van der Waals surface area contributed by atoms with Crippen LogP contribution >= 0.6 is 0 Å². The molecule has 0 bridgehead atoms. The molecule has 0 radical (unpaired) electrons. The lowest BCUT2D eigenvalue weighted by molar-refractivity contribution is -0.121. The number of unbranched alkanes of at least 4 members (excludes halogenated alkanes) is 3. The van der Waals surface area contributed by atoms with E-state index in [4.69, 9.17) is 10.5 Å². The first kappa shape index (κ1) is 16.4. The third-order valence-corrected chi connectivity index (χ3v) is 2.38. The van der Waals surface area contributed by atoms with Crippen LogP contribution in [-0.4, -0.2) is 32.2 Å². The molecule has 0 aromatic rings. The highest BCUT2D eigenvalue weighted by atomic mass is 16.5. The molecule has 0 aromatic carbocycles. The smallest absolute Gasteiger partial charge is 0.220 e. The van der Waals surface area contributed by atoms with Crippen molar-refractivity contribution in [3.05, 3.63) is 0 Å². The first-order chi connectivity index (χ1) is 8.16. The molecule has 0 rings (SSSR count). The SMILES string of the molecule is CC(C)COCCNC(=O)CCCCCCN. The second-order valence-corrected chi connectivity index (χ2v) is 4.77. The molecule has 4 heteroatoms. The summed E-state index contributed by atoms with van der Waals surface area (Å²) in [4.78, 5) is 11.4. The van der Waals surface area contributed by atoms with Crippen LogP contribution in [0.4, 0.5) is 0 Å². The average molecular weight is 244 g/mol. The van der Waals surface area contributed by atoms with Gasteiger partial charge in [-0.2, -0.15) is 0 Å². The molecule has 0 aliphatic heterocycles. The highest BCUT2D eigenvalue weighted by molar-refractivity contribution is 5.75. The summed E-state index contributed by atoms with van der Waals surface area (Å²) in [5, 5.41) is 2.86. The van der Waals surface area contributed by atoms with Crippen molar-refractivity contribution in [2.75, 3.05) is 26.3 Å². The molecule has 0 aliphatic carbocycles. The zero-order valence-corrected chi connectivity index (χ0v) is 11.3. The van der Waals surface area contributed by atoms with Crippen molar-refractivity contribution >= 4 is 5.91 Å². The Bertz CT molecular complexity index is 184. The van der Waals surface area contributed by atoms with Gasteiger partial charge in [-0.25, -0.2) is 0 Å². The fraction of sp³-hybridized carbons (Fsp3) is 0.923. The van der Waals surface area contributed by atoms with Crippen molar-refractivity contribution in [2.45, 2.75) is 46.0 Å². The summed E-state index contributed by atoms with van der Waals surface area (Å²) in [5.41, 5.74) is 5.39. The van der Waals surface area contributed by atoms with Crippen molar-refractivity contribution in [2.24, 2.45) is 11.7 Å². The van der Waals surface area contributed by atoms with Gasteiger partial charge in [-0.1, -0.05) is 26.7 Å². The Morgan fingerprint density at radius 2 is 1.94 bits per heavy atom. The van der Waals surface area contributed by atoms with Gasteiger partial charge in [0.1, 0.15) is 0 Å². The molecule has 0 heterocycles. The van der Waals surface area contributed by atoms with E-state index in [1.165, 1.54) is 0 Å². The first-order valence-corrected chi connectivity index (χ1v) is 6.71. The molecule has 0 fully saturated rings. The molecule has 4 nitrogen and oxygen atoms in total. The van der Waals surface area contributed by atoms with E-state index in [9.17, 15) is 4.79 Å². The molecule has 0 unspecified atom stereocenters. The number of rotatable bonds is 11. The molecule has 3 N–H and O–H groups in total. The summed E-state index contributed by atoms with van der Waals surface area (Å²) in [5.74, 6) is 0.680. The van der Waals surface area contributed by atoms with Crippen molar-refractivity contribution in [3.8, 4) is 0 Å². The van der Waals surface area contributed by atoms with E-state index in [0.717, 1.165) is 38.8 Å². The fourth-order valence-corrected chi connectivity index (χ4v) is 1.45. The summed E-state index contributed by atoms with van der Waals surface area (Å²) in [6.07, 6.45) is 4.86. The molecular weight excluding hydrogens is 216 g/mol. The summed E-state index contributed by atoms with van der Waals surface area (Å²) in [6.45, 7) is 6.96. The van der Waals surface area contributed by atoms with E-state index >= 15 is 0 Å². The number of amides is 1. The van der Waals surface area contributed by atoms with Crippen LogP contribution in [0.25, 0.3) is 0 Å². The molecule has 0 saturated carbocycles. The maximum atomic E-state index is 11.4. The molecular formula is C13H28N2O2. The minimum atomic E-state index is 0.130. The molecule has 0 aromatic heterocycles. The van der Waals surface area contributed by atoms with Crippen LogP contribution in [0, 0.1) is 5.92 Å². The Morgan fingerprint density at radius 3 is 2.59 bits per heavy atom. The Balaban J connectivity index is 3.18. The number of nitrogens with one attached hydrogen (secondary N) is 1. The summed E-state index contributed by atoms with van der Waals surface area (Å²) in [7, 11) is 0. The number of carbonyl (C=O) groups excluding carboxylic acids is 1. The molecule has 1 amide bonds. The highest BCUT2D eigenvalue weighted by Gasteiger charge is 2.00. The van der Waals surface area contributed by atoms with Gasteiger partial charge < -0.3 is 15.8 Å². The average Bonchev–Trinajstić information content (AvgIpc) is 2.28. The number of carbonyl (C=O) groups is 1. The number of nitrogens with two attached hydrogens (primary N) is 1. The highest BCUT2D eigenvalue weighted by Crippen LogP contribution is 2.01. The molecule has 0 spiro atoms. The standard InChI is InChI=1S/C13H28N2O2/c1-12(2)11-17-10-9-15-13(16)7-5-3-4-6-8-14/h12H,3-11,14H2,1-2H3,(H,15,16). The minimum Gasteiger partial charge on any atom is -0.379 e. The zero-order valence-electron chi connectivity index (χ0n) is 11.3. The van der Waals surface area contributed by atoms with Crippen LogP contribution in [0.5, 0.6) is 0 Å². The second-order valence-electron chi connectivity index (χ2n) is 4.77. The number of hydrogen-bond donors (Lipinski definition) is 2. The Morgan fingerprint density at radius 1 is 1.24 bits per heavy atom. The normalized spacial score (nSPS) is 10.8. The maximum Gasteiger partial charge on any atom is 0.220 e. The van der Waals surface area contributed by atoms with Gasteiger partial charge in [0.25, 0.3) is 0 Å². The first-order valence-electron chi connectivity index (χ1n) is 6.71. The van der Waals surface area contributed by atoms with Gasteiger partial charge in [0, 0.05) is 19.6 Å². The molecule has 0 saturated heterocycles. The van der Waals surface area contributed by atoms with E-state index in [-0.39, 0.29) is 5.91 Å². The van der Waals surface area contributed by atoms with Gasteiger partial charge >= 0.3 is 0 Å². The van der Waals surface area contributed by atoms with Crippen molar-refractivity contribution in [3.63, 3.8) is 0 Å². The molecule has 0 atom stereocenters. The second kappa shape index (κ2) is 11.9. The zero-order chi connectivity index (χ0) is 12.9. The van der Waals surface area contributed by atoms with E-state index < -0.39 is 0 Å². The van der Waals surface area contributed by atoms with E-state index in [0.29, 0.717) is 25.5 Å². The topological polar surface area (TPSA) is 64.3 Å². The molecule has 0 aliphatic rings. The van der Waals surface area contributed by atoms with Crippen LogP contribution in [0.15, 0.2) is 0 Å². The molecule has 102 valence electrons. The van der Waals surface area contributed by atoms with Crippen LogP contribution < -0.4 is 11.1 Å². The fourth-order valence-electron chi connectivity index (χ4n) is 1.45. The van der Waals surface area contributed by atoms with Crippen LogP contribution in [0.3, 0.4) is 0 Å². The van der Waals surface area contributed by atoms with Gasteiger partial charge in [0.15, 0.2) is 0 Å². The van der Waals surface area contributed by atoms with E-state index in [1.54, 1.807) is 0 Å². The van der Waals surface area contributed by atoms with E-state index in [1.807, 2.05) is 0 Å². The summed E-state index contributed by atoms with van der Waals surface area (Å²) < 4.78 is 5.37. The van der Waals surface area contributed by atoms with Crippen LogP contribution in [0.2, 0.25) is 0 Å². The minimum absolute atomic E-state index is 0.130. The van der Waals surface area contributed by atoms with Gasteiger partial charge in [-0.05, 0) is 25.3 Å². The maximum absolute atomic E-state index is 11.4. The van der Waals surface area contributed by atoms with Crippen LogP contribution in [-0.2, 0) is 9.53 Å². The lowest BCUT2D eigenvalue weighted by Gasteiger charge is -2.08. The summed E-state index contributed by atoms with van der Waals surface area (Å²) in [6, 6.07) is 0. The Hall–Kier alpha value is -0.610.